The highest BCUT2D eigenvalue weighted by atomic mass is 16.3. The first-order valence-electron chi connectivity index (χ1n) is 4.53. The van der Waals surface area contributed by atoms with Crippen LogP contribution < -0.4 is 0 Å². The molecule has 1 atom stereocenters. The molecule has 0 amide bonds. The Hall–Kier alpha value is -0.480. The second-order valence-corrected chi connectivity index (χ2v) is 3.38. The highest BCUT2D eigenvalue weighted by molar-refractivity contribution is 4.77. The third-order valence-corrected chi connectivity index (χ3v) is 2.30. The van der Waals surface area contributed by atoms with E-state index in [0.29, 0.717) is 0 Å². The maximum atomic E-state index is 10.5. The first-order valence-corrected chi connectivity index (χ1v) is 4.53. The van der Waals surface area contributed by atoms with Gasteiger partial charge in [-0.05, 0) is 18.6 Å². The fourth-order valence-electron chi connectivity index (χ4n) is 1.58. The van der Waals surface area contributed by atoms with Crippen LogP contribution in [0.2, 0.25) is 0 Å². The predicted molar refractivity (Wildman–Crippen MR) is 48.9 cm³/mol. The molecule has 1 saturated heterocycles. The van der Waals surface area contributed by atoms with E-state index in [1.54, 1.807) is 0 Å². The number of likely N-dealkylation sites (N-methyl/N-ethyl adjacent to an activating group) is 1. The molecule has 0 bridgehead atoms. The quantitative estimate of drug-likeness (QED) is 0.587. The van der Waals surface area contributed by atoms with E-state index in [1.807, 2.05) is 7.05 Å². The molecule has 0 aromatic heterocycles. The minimum atomic E-state index is -0.122. The Bertz CT molecular complexity index is 151. The van der Waals surface area contributed by atoms with E-state index < -0.39 is 0 Å². The Morgan fingerprint density at radius 3 is 2.83 bits per heavy atom. The summed E-state index contributed by atoms with van der Waals surface area (Å²) >= 11 is 0. The van der Waals surface area contributed by atoms with E-state index >= 15 is 0 Å². The smallest absolute Gasteiger partial charge is 0.157 e. The molecule has 1 unspecified atom stereocenters. The van der Waals surface area contributed by atoms with Gasteiger partial charge < -0.3 is 4.90 Å². The summed E-state index contributed by atoms with van der Waals surface area (Å²) < 4.78 is 0. The van der Waals surface area contributed by atoms with E-state index in [-0.39, 0.29) is 6.17 Å². The zero-order valence-corrected chi connectivity index (χ0v) is 7.86. The topological polar surface area (TPSA) is 35.9 Å². The van der Waals surface area contributed by atoms with Crippen molar-refractivity contribution in [2.24, 2.45) is 5.18 Å². The lowest BCUT2D eigenvalue weighted by molar-refractivity contribution is 0.0941. The lowest BCUT2D eigenvalue weighted by atomic mass is 10.2. The highest BCUT2D eigenvalue weighted by Gasteiger charge is 2.24. The first kappa shape index (κ1) is 9.61. The van der Waals surface area contributed by atoms with E-state index in [2.05, 4.69) is 21.9 Å². The van der Waals surface area contributed by atoms with Gasteiger partial charge in [0.25, 0.3) is 0 Å². The molecule has 1 fully saturated rings. The van der Waals surface area contributed by atoms with E-state index in [9.17, 15) is 4.91 Å². The van der Waals surface area contributed by atoms with Crippen LogP contribution in [0.25, 0.3) is 0 Å². The molecule has 4 nitrogen and oxygen atoms in total. The first-order chi connectivity index (χ1) is 5.77. The third-order valence-electron chi connectivity index (χ3n) is 2.30. The fourth-order valence-corrected chi connectivity index (χ4v) is 1.58. The van der Waals surface area contributed by atoms with Gasteiger partial charge in [0.1, 0.15) is 0 Å². The number of hydrogen-bond acceptors (Lipinski definition) is 4. The SMILES string of the molecule is CCCN1CCN(C)CC1N=O. The lowest BCUT2D eigenvalue weighted by Crippen LogP contribution is -2.50. The Morgan fingerprint density at radius 1 is 1.50 bits per heavy atom. The molecular weight excluding hydrogens is 154 g/mol. The summed E-state index contributed by atoms with van der Waals surface area (Å²) in [7, 11) is 2.03. The monoisotopic (exact) mass is 171 g/mol. The largest absolute Gasteiger partial charge is 0.301 e. The molecule has 0 radical (unpaired) electrons. The van der Waals surface area contributed by atoms with Crippen LogP contribution in [0.15, 0.2) is 5.18 Å². The normalized spacial score (nSPS) is 27.3. The van der Waals surface area contributed by atoms with Crippen LogP contribution >= 0.6 is 0 Å². The predicted octanol–water partition coefficient (Wildman–Crippen LogP) is 0.736. The zero-order chi connectivity index (χ0) is 8.97. The Labute approximate surface area is 73.5 Å². The van der Waals surface area contributed by atoms with Gasteiger partial charge in [0.2, 0.25) is 0 Å². The van der Waals surface area contributed by atoms with Crippen LogP contribution in [0.5, 0.6) is 0 Å². The summed E-state index contributed by atoms with van der Waals surface area (Å²) in [4.78, 5) is 14.8. The zero-order valence-electron chi connectivity index (χ0n) is 7.86. The number of nitrogens with zero attached hydrogens (tertiary/aromatic N) is 3. The summed E-state index contributed by atoms with van der Waals surface area (Å²) in [5.41, 5.74) is 0. The van der Waals surface area contributed by atoms with Gasteiger partial charge in [-0.15, -0.1) is 4.91 Å². The molecule has 1 heterocycles. The summed E-state index contributed by atoms with van der Waals surface area (Å²) in [6.45, 7) is 5.92. The number of rotatable bonds is 3. The third kappa shape index (κ3) is 2.25. The van der Waals surface area contributed by atoms with E-state index in [0.717, 1.165) is 32.6 Å². The Kier molecular flexibility index (Phi) is 3.62. The molecule has 1 rings (SSSR count). The Morgan fingerprint density at radius 2 is 2.25 bits per heavy atom. The van der Waals surface area contributed by atoms with Crippen molar-refractivity contribution in [2.45, 2.75) is 19.5 Å². The average Bonchev–Trinajstić information content (AvgIpc) is 2.08. The molecule has 4 heteroatoms. The standard InChI is InChI=1S/C8H17N3O/c1-3-4-11-6-5-10(2)7-8(11)9-12/h8H,3-7H2,1-2H3. The maximum absolute atomic E-state index is 10.5. The molecule has 0 saturated carbocycles. The average molecular weight is 171 g/mol. The molecule has 1 aliphatic heterocycles. The second kappa shape index (κ2) is 4.52. The van der Waals surface area contributed by atoms with Gasteiger partial charge in [0.05, 0.1) is 0 Å². The van der Waals surface area contributed by atoms with Crippen LogP contribution in [0.3, 0.4) is 0 Å². The van der Waals surface area contributed by atoms with Crippen molar-refractivity contribution in [3.63, 3.8) is 0 Å². The van der Waals surface area contributed by atoms with Gasteiger partial charge in [-0.25, -0.2) is 0 Å². The molecule has 0 N–H and O–H groups in total. The summed E-state index contributed by atoms with van der Waals surface area (Å²) in [5.74, 6) is 0. The van der Waals surface area contributed by atoms with Crippen molar-refractivity contribution >= 4 is 0 Å². The van der Waals surface area contributed by atoms with Crippen LogP contribution in [-0.2, 0) is 0 Å². The van der Waals surface area contributed by atoms with E-state index in [1.165, 1.54) is 0 Å². The molecule has 12 heavy (non-hydrogen) atoms. The van der Waals surface area contributed by atoms with Crippen molar-refractivity contribution in [3.05, 3.63) is 4.91 Å². The van der Waals surface area contributed by atoms with Gasteiger partial charge in [-0.1, -0.05) is 6.92 Å². The van der Waals surface area contributed by atoms with Gasteiger partial charge in [-0.3, -0.25) is 4.90 Å². The van der Waals surface area contributed by atoms with Gasteiger partial charge >= 0.3 is 0 Å². The second-order valence-electron chi connectivity index (χ2n) is 3.38. The van der Waals surface area contributed by atoms with Crippen molar-refractivity contribution in [1.82, 2.24) is 9.80 Å². The van der Waals surface area contributed by atoms with Gasteiger partial charge in [0, 0.05) is 26.2 Å². The van der Waals surface area contributed by atoms with Crippen molar-refractivity contribution in [1.29, 1.82) is 0 Å². The number of nitroso groups, excluding NO2 is 1. The molecule has 0 aliphatic carbocycles. The molecule has 1 aliphatic rings. The van der Waals surface area contributed by atoms with Crippen molar-refractivity contribution < 1.29 is 0 Å². The van der Waals surface area contributed by atoms with Crippen molar-refractivity contribution in [3.8, 4) is 0 Å². The van der Waals surface area contributed by atoms with Gasteiger partial charge in [-0.2, -0.15) is 0 Å². The summed E-state index contributed by atoms with van der Waals surface area (Å²) in [6, 6.07) is 0. The van der Waals surface area contributed by atoms with Crippen LogP contribution in [-0.4, -0.2) is 49.2 Å². The minimum absolute atomic E-state index is 0.122. The van der Waals surface area contributed by atoms with Crippen LogP contribution in [0.4, 0.5) is 0 Å². The number of hydrogen-bond donors (Lipinski definition) is 0. The van der Waals surface area contributed by atoms with Gasteiger partial charge in [0.15, 0.2) is 6.17 Å². The van der Waals surface area contributed by atoms with Crippen LogP contribution in [0, 0.1) is 4.91 Å². The molecule has 70 valence electrons. The maximum Gasteiger partial charge on any atom is 0.157 e. The Balaban J connectivity index is 2.44. The summed E-state index contributed by atoms with van der Waals surface area (Å²) in [6.07, 6.45) is 0.971. The lowest BCUT2D eigenvalue weighted by Gasteiger charge is -2.35. The molecule has 0 aromatic rings. The van der Waals surface area contributed by atoms with E-state index in [4.69, 9.17) is 0 Å². The minimum Gasteiger partial charge on any atom is -0.301 e. The highest BCUT2D eigenvalue weighted by Crippen LogP contribution is 2.09. The number of piperazine rings is 1. The van der Waals surface area contributed by atoms with Crippen molar-refractivity contribution in [2.75, 3.05) is 33.2 Å². The molecular formula is C8H17N3O. The van der Waals surface area contributed by atoms with Crippen LogP contribution in [0.1, 0.15) is 13.3 Å². The molecule has 0 aromatic carbocycles. The fraction of sp³-hybridized carbons (Fsp3) is 1.00. The summed E-state index contributed by atoms with van der Waals surface area (Å²) in [5, 5.41) is 3.13. The molecule has 0 spiro atoms.